The Kier molecular flexibility index (Phi) is 5.14. The largest absolute Gasteiger partial charge is 0.370 e. The van der Waals surface area contributed by atoms with Crippen molar-refractivity contribution in [2.75, 3.05) is 26.2 Å². The fraction of sp³-hybridized carbons (Fsp3) is 0.727. The molecule has 1 unspecified atom stereocenters. The Balaban J connectivity index is 1.32. The molecule has 27 heavy (non-hydrogen) atoms. The van der Waals surface area contributed by atoms with Crippen molar-refractivity contribution >= 4 is 11.2 Å². The molecular formula is C22H32N4O. The Bertz CT molecular complexity index is 753. The molecule has 5 rings (SSSR count). The maximum absolute atomic E-state index is 6.00. The van der Waals surface area contributed by atoms with E-state index >= 15 is 0 Å². The van der Waals surface area contributed by atoms with E-state index in [2.05, 4.69) is 15.5 Å². The number of imidazole rings is 1. The third-order valence-corrected chi connectivity index (χ3v) is 6.86. The van der Waals surface area contributed by atoms with Crippen LogP contribution in [-0.2, 0) is 4.74 Å². The predicted molar refractivity (Wildman–Crippen MR) is 107 cm³/mol. The van der Waals surface area contributed by atoms with E-state index in [1.807, 2.05) is 12.3 Å². The van der Waals surface area contributed by atoms with Crippen LogP contribution in [-0.4, -0.2) is 45.7 Å². The van der Waals surface area contributed by atoms with E-state index in [1.165, 1.54) is 64.6 Å². The molecule has 5 nitrogen and oxygen atoms in total. The number of rotatable bonds is 4. The summed E-state index contributed by atoms with van der Waals surface area (Å²) in [5.74, 6) is 2.06. The lowest BCUT2D eigenvalue weighted by atomic mass is 9.88. The third-order valence-electron chi connectivity index (χ3n) is 6.86. The topological polar surface area (TPSA) is 43.2 Å². The van der Waals surface area contributed by atoms with Gasteiger partial charge in [-0.3, -0.25) is 0 Å². The van der Waals surface area contributed by atoms with Gasteiger partial charge in [0.05, 0.1) is 0 Å². The average molecular weight is 369 g/mol. The van der Waals surface area contributed by atoms with Crippen molar-refractivity contribution in [1.82, 2.24) is 19.4 Å². The lowest BCUT2D eigenvalue weighted by Gasteiger charge is -2.36. The van der Waals surface area contributed by atoms with E-state index in [1.54, 1.807) is 0 Å². The monoisotopic (exact) mass is 368 g/mol. The standard InChI is InChI=1S/C22H32N4O/c1-2-6-17(7-3-1)16-25-13-10-18(11-14-25)26-21-19(8-4-12-23-21)24-22(26)20-9-5-15-27-20/h4,8,12,17-18,20H,1-3,5-7,9-11,13-16H2. The summed E-state index contributed by atoms with van der Waals surface area (Å²) in [6, 6.07) is 4.59. The molecule has 2 aliphatic heterocycles. The molecule has 1 atom stereocenters. The van der Waals surface area contributed by atoms with Crippen LogP contribution in [0.4, 0.5) is 0 Å². The Morgan fingerprint density at radius 1 is 1.00 bits per heavy atom. The highest BCUT2D eigenvalue weighted by atomic mass is 16.5. The minimum atomic E-state index is 0.152. The number of likely N-dealkylation sites (tertiary alicyclic amines) is 1. The van der Waals surface area contributed by atoms with E-state index in [0.29, 0.717) is 6.04 Å². The number of nitrogens with zero attached hydrogens (tertiary/aromatic N) is 4. The molecule has 1 aliphatic carbocycles. The van der Waals surface area contributed by atoms with Crippen LogP contribution in [0.5, 0.6) is 0 Å². The third kappa shape index (κ3) is 3.64. The summed E-state index contributed by atoms with van der Waals surface area (Å²) < 4.78 is 8.43. The van der Waals surface area contributed by atoms with Crippen LogP contribution in [0, 0.1) is 5.92 Å². The van der Waals surface area contributed by atoms with Crippen LogP contribution in [0.15, 0.2) is 18.3 Å². The lowest BCUT2D eigenvalue weighted by molar-refractivity contribution is 0.0958. The molecule has 0 amide bonds. The van der Waals surface area contributed by atoms with Crippen molar-refractivity contribution in [3.8, 4) is 0 Å². The van der Waals surface area contributed by atoms with Crippen LogP contribution in [0.2, 0.25) is 0 Å². The summed E-state index contributed by atoms with van der Waals surface area (Å²) in [5.41, 5.74) is 2.07. The number of hydrogen-bond donors (Lipinski definition) is 0. The van der Waals surface area contributed by atoms with Gasteiger partial charge in [0, 0.05) is 38.5 Å². The van der Waals surface area contributed by atoms with Gasteiger partial charge in [-0.1, -0.05) is 19.3 Å². The minimum Gasteiger partial charge on any atom is -0.370 e. The number of hydrogen-bond acceptors (Lipinski definition) is 4. The van der Waals surface area contributed by atoms with Gasteiger partial charge >= 0.3 is 0 Å². The van der Waals surface area contributed by atoms with Crippen molar-refractivity contribution < 1.29 is 4.74 Å². The minimum absolute atomic E-state index is 0.152. The normalized spacial score (nSPS) is 26.1. The molecule has 2 aromatic heterocycles. The summed E-state index contributed by atoms with van der Waals surface area (Å²) in [4.78, 5) is 12.3. The zero-order valence-electron chi connectivity index (χ0n) is 16.4. The van der Waals surface area contributed by atoms with Gasteiger partial charge in [0.25, 0.3) is 0 Å². The summed E-state index contributed by atoms with van der Waals surface area (Å²) in [7, 11) is 0. The molecule has 3 fully saturated rings. The molecule has 0 radical (unpaired) electrons. The molecule has 2 aromatic rings. The number of fused-ring (bicyclic) bond motifs is 1. The number of aromatic nitrogens is 3. The maximum atomic E-state index is 6.00. The molecule has 146 valence electrons. The number of piperidine rings is 1. The Labute approximate surface area is 162 Å². The van der Waals surface area contributed by atoms with Gasteiger partial charge in [-0.15, -0.1) is 0 Å². The summed E-state index contributed by atoms with van der Waals surface area (Å²) in [5, 5.41) is 0. The van der Waals surface area contributed by atoms with Gasteiger partial charge in [-0.25, -0.2) is 9.97 Å². The molecule has 5 heteroatoms. The van der Waals surface area contributed by atoms with Crippen LogP contribution < -0.4 is 0 Å². The van der Waals surface area contributed by atoms with Gasteiger partial charge in [0.1, 0.15) is 17.4 Å². The zero-order chi connectivity index (χ0) is 18.1. The first-order chi connectivity index (χ1) is 13.4. The molecule has 4 heterocycles. The van der Waals surface area contributed by atoms with E-state index < -0.39 is 0 Å². The Morgan fingerprint density at radius 2 is 1.85 bits per heavy atom. The van der Waals surface area contributed by atoms with Crippen molar-refractivity contribution in [3.63, 3.8) is 0 Å². The van der Waals surface area contributed by atoms with Gasteiger partial charge in [-0.05, 0) is 56.6 Å². The molecule has 2 saturated heterocycles. The fourth-order valence-corrected chi connectivity index (χ4v) is 5.41. The Hall–Kier alpha value is -1.46. The second-order valence-corrected chi connectivity index (χ2v) is 8.72. The van der Waals surface area contributed by atoms with Gasteiger partial charge in [-0.2, -0.15) is 0 Å². The highest BCUT2D eigenvalue weighted by molar-refractivity contribution is 5.71. The molecule has 3 aliphatic rings. The van der Waals surface area contributed by atoms with Crippen LogP contribution >= 0.6 is 0 Å². The number of ether oxygens (including phenoxy) is 1. The molecular weight excluding hydrogens is 336 g/mol. The van der Waals surface area contributed by atoms with Gasteiger partial charge in [0.2, 0.25) is 0 Å². The summed E-state index contributed by atoms with van der Waals surface area (Å²) in [6.45, 7) is 4.59. The van der Waals surface area contributed by atoms with Crippen molar-refractivity contribution in [2.24, 2.45) is 5.92 Å². The molecule has 0 N–H and O–H groups in total. The van der Waals surface area contributed by atoms with E-state index in [9.17, 15) is 0 Å². The first kappa shape index (κ1) is 17.6. The first-order valence-electron chi connectivity index (χ1n) is 11.1. The van der Waals surface area contributed by atoms with Gasteiger partial charge in [0.15, 0.2) is 5.65 Å². The zero-order valence-corrected chi connectivity index (χ0v) is 16.4. The maximum Gasteiger partial charge on any atom is 0.160 e. The van der Waals surface area contributed by atoms with E-state index in [4.69, 9.17) is 14.7 Å². The van der Waals surface area contributed by atoms with Crippen LogP contribution in [0.1, 0.15) is 75.8 Å². The van der Waals surface area contributed by atoms with E-state index in [-0.39, 0.29) is 6.10 Å². The highest BCUT2D eigenvalue weighted by Crippen LogP contribution is 2.35. The first-order valence-corrected chi connectivity index (χ1v) is 11.1. The second-order valence-electron chi connectivity index (χ2n) is 8.72. The molecule has 0 spiro atoms. The van der Waals surface area contributed by atoms with Crippen LogP contribution in [0.25, 0.3) is 11.2 Å². The molecule has 0 aromatic carbocycles. The average Bonchev–Trinajstić information content (AvgIpc) is 3.37. The Morgan fingerprint density at radius 3 is 2.63 bits per heavy atom. The number of pyridine rings is 1. The smallest absolute Gasteiger partial charge is 0.160 e. The highest BCUT2D eigenvalue weighted by Gasteiger charge is 2.30. The van der Waals surface area contributed by atoms with E-state index in [0.717, 1.165) is 42.4 Å². The summed E-state index contributed by atoms with van der Waals surface area (Å²) in [6.07, 6.45) is 13.9. The van der Waals surface area contributed by atoms with Crippen molar-refractivity contribution in [3.05, 3.63) is 24.2 Å². The van der Waals surface area contributed by atoms with Crippen LogP contribution in [0.3, 0.4) is 0 Å². The summed E-state index contributed by atoms with van der Waals surface area (Å²) >= 11 is 0. The lowest BCUT2D eigenvalue weighted by Crippen LogP contribution is -2.38. The van der Waals surface area contributed by atoms with Crippen molar-refractivity contribution in [2.45, 2.75) is 69.9 Å². The van der Waals surface area contributed by atoms with Gasteiger partial charge < -0.3 is 14.2 Å². The quantitative estimate of drug-likeness (QED) is 0.797. The fourth-order valence-electron chi connectivity index (χ4n) is 5.41. The SMILES string of the molecule is c1cnc2c(c1)nc(C1CCCO1)n2C1CCN(CC2CCCCC2)CC1. The van der Waals surface area contributed by atoms with Crippen molar-refractivity contribution in [1.29, 1.82) is 0 Å². The molecule has 0 bridgehead atoms. The molecule has 1 saturated carbocycles. The predicted octanol–water partition coefficient (Wildman–Crippen LogP) is 4.50. The second kappa shape index (κ2) is 7.88.